The van der Waals surface area contributed by atoms with Crippen molar-refractivity contribution < 1.29 is 4.79 Å². The van der Waals surface area contributed by atoms with E-state index in [9.17, 15) is 4.79 Å². The summed E-state index contributed by atoms with van der Waals surface area (Å²) in [4.78, 5) is 15.6. The lowest BCUT2D eigenvalue weighted by Crippen LogP contribution is -2.49. The summed E-state index contributed by atoms with van der Waals surface area (Å²) in [5.41, 5.74) is 5.61. The van der Waals surface area contributed by atoms with Gasteiger partial charge in [-0.3, -0.25) is 4.79 Å². The molecule has 1 aromatic heterocycles. The summed E-state index contributed by atoms with van der Waals surface area (Å²) in [6.07, 6.45) is 5.29. The standard InChI is InChI=1S/C11H20N4O/c1-11(2,3)9(12)10(16)14-5-7-15-6-4-13-8-15/h4,6,8-9H,5,7,12H2,1-3H3,(H,14,16)/t9-/m0/s1. The van der Waals surface area contributed by atoms with Crippen LogP contribution in [0.25, 0.3) is 0 Å². The third-order valence-corrected chi connectivity index (χ3v) is 2.44. The van der Waals surface area contributed by atoms with Gasteiger partial charge in [0.25, 0.3) is 0 Å². The molecular formula is C11H20N4O. The Kier molecular flexibility index (Phi) is 4.06. The van der Waals surface area contributed by atoms with Gasteiger partial charge in [0.15, 0.2) is 0 Å². The lowest BCUT2D eigenvalue weighted by atomic mass is 9.87. The molecule has 0 aromatic carbocycles. The fourth-order valence-corrected chi connectivity index (χ4v) is 1.23. The first kappa shape index (κ1) is 12.7. The molecule has 0 fully saturated rings. The monoisotopic (exact) mass is 224 g/mol. The second kappa shape index (κ2) is 5.12. The molecule has 1 amide bonds. The SMILES string of the molecule is CC(C)(C)[C@@H](N)C(=O)NCCn1ccnc1. The minimum Gasteiger partial charge on any atom is -0.353 e. The molecular weight excluding hydrogens is 204 g/mol. The first-order valence-electron chi connectivity index (χ1n) is 5.40. The average molecular weight is 224 g/mol. The Labute approximate surface area is 96.0 Å². The van der Waals surface area contributed by atoms with Crippen molar-refractivity contribution in [2.75, 3.05) is 6.54 Å². The van der Waals surface area contributed by atoms with E-state index in [1.54, 1.807) is 12.5 Å². The van der Waals surface area contributed by atoms with Crippen molar-refractivity contribution >= 4 is 5.91 Å². The first-order chi connectivity index (χ1) is 7.41. The van der Waals surface area contributed by atoms with Crippen molar-refractivity contribution in [1.82, 2.24) is 14.9 Å². The van der Waals surface area contributed by atoms with Crippen molar-refractivity contribution in [2.24, 2.45) is 11.1 Å². The third-order valence-electron chi connectivity index (χ3n) is 2.44. The van der Waals surface area contributed by atoms with Gasteiger partial charge >= 0.3 is 0 Å². The Balaban J connectivity index is 2.30. The maximum atomic E-state index is 11.7. The van der Waals surface area contributed by atoms with Crippen LogP contribution in [-0.4, -0.2) is 28.0 Å². The molecule has 0 radical (unpaired) electrons. The largest absolute Gasteiger partial charge is 0.353 e. The molecule has 0 aliphatic heterocycles. The summed E-state index contributed by atoms with van der Waals surface area (Å²) in [6, 6.07) is -0.477. The number of aromatic nitrogens is 2. The third kappa shape index (κ3) is 3.66. The predicted molar refractivity (Wildman–Crippen MR) is 62.7 cm³/mol. The number of nitrogens with two attached hydrogens (primary N) is 1. The number of hydrogen-bond acceptors (Lipinski definition) is 3. The van der Waals surface area contributed by atoms with E-state index in [-0.39, 0.29) is 11.3 Å². The summed E-state index contributed by atoms with van der Waals surface area (Å²) >= 11 is 0. The highest BCUT2D eigenvalue weighted by molar-refractivity contribution is 5.82. The van der Waals surface area contributed by atoms with Crippen molar-refractivity contribution in [3.63, 3.8) is 0 Å². The molecule has 0 saturated carbocycles. The summed E-state index contributed by atoms with van der Waals surface area (Å²) in [7, 11) is 0. The summed E-state index contributed by atoms with van der Waals surface area (Å²) in [5, 5.41) is 2.81. The normalized spacial score (nSPS) is 13.5. The Hall–Kier alpha value is -1.36. The highest BCUT2D eigenvalue weighted by atomic mass is 16.2. The zero-order chi connectivity index (χ0) is 12.2. The number of nitrogens with one attached hydrogen (secondary N) is 1. The Morgan fingerprint density at radius 3 is 2.75 bits per heavy atom. The van der Waals surface area contributed by atoms with Crippen LogP contribution in [0, 0.1) is 5.41 Å². The summed E-state index contributed by atoms with van der Waals surface area (Å²) in [5.74, 6) is -0.104. The van der Waals surface area contributed by atoms with E-state index >= 15 is 0 Å². The fourth-order valence-electron chi connectivity index (χ4n) is 1.23. The highest BCUT2D eigenvalue weighted by Gasteiger charge is 2.26. The van der Waals surface area contributed by atoms with Crippen LogP contribution in [0.15, 0.2) is 18.7 Å². The minimum atomic E-state index is -0.477. The van der Waals surface area contributed by atoms with E-state index < -0.39 is 6.04 Å². The van der Waals surface area contributed by atoms with Crippen LogP contribution in [0.1, 0.15) is 20.8 Å². The smallest absolute Gasteiger partial charge is 0.237 e. The molecule has 1 aromatic rings. The Morgan fingerprint density at radius 2 is 2.25 bits per heavy atom. The molecule has 16 heavy (non-hydrogen) atoms. The number of carbonyl (C=O) groups excluding carboxylic acids is 1. The number of amides is 1. The van der Waals surface area contributed by atoms with E-state index in [0.29, 0.717) is 13.1 Å². The number of carbonyl (C=O) groups is 1. The van der Waals surface area contributed by atoms with Gasteiger partial charge in [0.2, 0.25) is 5.91 Å². The lowest BCUT2D eigenvalue weighted by molar-refractivity contribution is -0.124. The average Bonchev–Trinajstić information content (AvgIpc) is 2.67. The Bertz CT molecular complexity index is 326. The molecule has 0 saturated heterocycles. The molecule has 3 N–H and O–H groups in total. The number of nitrogens with zero attached hydrogens (tertiary/aromatic N) is 2. The number of imidazole rings is 1. The molecule has 1 rings (SSSR count). The van der Waals surface area contributed by atoms with Crippen molar-refractivity contribution in [1.29, 1.82) is 0 Å². The molecule has 5 heteroatoms. The molecule has 0 aliphatic rings. The van der Waals surface area contributed by atoms with Crippen LogP contribution in [0.3, 0.4) is 0 Å². The van der Waals surface area contributed by atoms with Gasteiger partial charge in [0.05, 0.1) is 12.4 Å². The molecule has 1 heterocycles. The van der Waals surface area contributed by atoms with Crippen LogP contribution >= 0.6 is 0 Å². The van der Waals surface area contributed by atoms with Crippen LogP contribution in [0.2, 0.25) is 0 Å². The molecule has 90 valence electrons. The van der Waals surface area contributed by atoms with Gasteiger partial charge in [-0.05, 0) is 5.41 Å². The zero-order valence-electron chi connectivity index (χ0n) is 10.1. The second-order valence-corrected chi connectivity index (χ2v) is 4.94. The van der Waals surface area contributed by atoms with E-state index in [1.165, 1.54) is 0 Å². The topological polar surface area (TPSA) is 72.9 Å². The van der Waals surface area contributed by atoms with Crippen molar-refractivity contribution in [2.45, 2.75) is 33.4 Å². The molecule has 1 atom stereocenters. The maximum absolute atomic E-state index is 11.7. The van der Waals surface area contributed by atoms with Gasteiger partial charge in [0.1, 0.15) is 0 Å². The first-order valence-corrected chi connectivity index (χ1v) is 5.40. The molecule has 0 unspecified atom stereocenters. The summed E-state index contributed by atoms with van der Waals surface area (Å²) in [6.45, 7) is 7.13. The van der Waals surface area contributed by atoms with Crippen LogP contribution < -0.4 is 11.1 Å². The highest BCUT2D eigenvalue weighted by Crippen LogP contribution is 2.16. The minimum absolute atomic E-state index is 0.104. The van der Waals surface area contributed by atoms with Gasteiger partial charge < -0.3 is 15.6 Å². The van der Waals surface area contributed by atoms with Crippen LogP contribution in [0.4, 0.5) is 0 Å². The van der Waals surface area contributed by atoms with Gasteiger partial charge in [-0.15, -0.1) is 0 Å². The van der Waals surface area contributed by atoms with Gasteiger partial charge in [-0.2, -0.15) is 0 Å². The van der Waals surface area contributed by atoms with Gasteiger partial charge in [0, 0.05) is 25.5 Å². The Morgan fingerprint density at radius 1 is 1.56 bits per heavy atom. The van der Waals surface area contributed by atoms with Crippen molar-refractivity contribution in [3.05, 3.63) is 18.7 Å². The van der Waals surface area contributed by atoms with Gasteiger partial charge in [-0.1, -0.05) is 20.8 Å². The van der Waals surface area contributed by atoms with E-state index in [0.717, 1.165) is 0 Å². The van der Waals surface area contributed by atoms with Crippen molar-refractivity contribution in [3.8, 4) is 0 Å². The quantitative estimate of drug-likeness (QED) is 0.776. The van der Waals surface area contributed by atoms with Gasteiger partial charge in [-0.25, -0.2) is 4.98 Å². The van der Waals surface area contributed by atoms with E-state index in [1.807, 2.05) is 31.5 Å². The lowest BCUT2D eigenvalue weighted by Gasteiger charge is -2.25. The second-order valence-electron chi connectivity index (χ2n) is 4.94. The molecule has 0 bridgehead atoms. The summed E-state index contributed by atoms with van der Waals surface area (Å²) < 4.78 is 1.91. The molecule has 0 aliphatic carbocycles. The number of hydrogen-bond donors (Lipinski definition) is 2. The van der Waals surface area contributed by atoms with Crippen LogP contribution in [-0.2, 0) is 11.3 Å². The zero-order valence-corrected chi connectivity index (χ0v) is 10.1. The molecule has 5 nitrogen and oxygen atoms in total. The predicted octanol–water partition coefficient (Wildman–Crippen LogP) is 0.373. The fraction of sp³-hybridized carbons (Fsp3) is 0.636. The number of rotatable bonds is 4. The maximum Gasteiger partial charge on any atom is 0.237 e. The van der Waals surface area contributed by atoms with E-state index in [2.05, 4.69) is 10.3 Å². The molecule has 0 spiro atoms. The van der Waals surface area contributed by atoms with E-state index in [4.69, 9.17) is 5.73 Å². The van der Waals surface area contributed by atoms with Crippen LogP contribution in [0.5, 0.6) is 0 Å².